The molecule has 2 amide bonds. The van der Waals surface area contributed by atoms with Crippen molar-refractivity contribution in [2.75, 3.05) is 6.54 Å². The molecule has 55 heavy (non-hydrogen) atoms. The summed E-state index contributed by atoms with van der Waals surface area (Å²) < 4.78 is 56.2. The number of thiophene rings is 1. The number of hydrazone groups is 2. The summed E-state index contributed by atoms with van der Waals surface area (Å²) in [4.78, 5) is 25.7. The lowest BCUT2D eigenvalue weighted by atomic mass is 9.86. The van der Waals surface area contributed by atoms with Gasteiger partial charge in [0, 0.05) is 28.5 Å². The van der Waals surface area contributed by atoms with Gasteiger partial charge >= 0.3 is 0 Å². The molecule has 9 rings (SSSR count). The molecule has 2 aliphatic carbocycles. The van der Waals surface area contributed by atoms with Gasteiger partial charge in [0.25, 0.3) is 5.91 Å². The Labute approximate surface area is 330 Å². The molecule has 3 aromatic carbocycles. The van der Waals surface area contributed by atoms with Gasteiger partial charge in [-0.25, -0.2) is 27.6 Å². The molecule has 3 aliphatic heterocycles. The number of benzene rings is 3. The van der Waals surface area contributed by atoms with Crippen molar-refractivity contribution in [1.29, 1.82) is 0 Å². The van der Waals surface area contributed by atoms with Gasteiger partial charge in [-0.2, -0.15) is 10.2 Å². The standard InChI is InChI=1S/C23H23F2N3OS.C17H14F2N2OS2.CH4/c24-16-10-11-19(25)17(14-16)21-27-28(22(29)20-9-3-4-13-26-20)23(30-21)12-5-7-15-6-1-2-8-18(15)23;1-10(22)21-17(7-2-3-15-13(17)6-8-23-15)24-16(20-21)12-9-11(18)4-5-14(12)19;/h1-2,6,8,10-11,14,20,26H,3-5,7,9,12-13H2;4-6,8-9H,2-3,7H2,1H3;1H4/t20-,23?;;/m0../s1. The Kier molecular flexibility index (Phi) is 11.3. The number of carbonyl (C=O) groups excluding carboxylic acids is 2. The Morgan fingerprint density at radius 3 is 2.02 bits per heavy atom. The minimum atomic E-state index is -0.723. The number of nitrogens with one attached hydrogen (secondary N) is 1. The topological polar surface area (TPSA) is 77.4 Å². The Bertz CT molecular complexity index is 2190. The maximum absolute atomic E-state index is 14.6. The smallest absolute Gasteiger partial charge is 0.261 e. The molecule has 14 heteroatoms. The number of thioether (sulfide) groups is 2. The van der Waals surface area contributed by atoms with E-state index in [-0.39, 0.29) is 36.4 Å². The number of amides is 2. The number of piperidine rings is 1. The third-order valence-corrected chi connectivity index (χ3v) is 14.4. The molecule has 0 saturated carbocycles. The predicted molar refractivity (Wildman–Crippen MR) is 213 cm³/mol. The quantitative estimate of drug-likeness (QED) is 0.209. The molecule has 1 aromatic heterocycles. The minimum absolute atomic E-state index is 0. The van der Waals surface area contributed by atoms with Crippen LogP contribution in [0.5, 0.6) is 0 Å². The number of carbonyl (C=O) groups is 2. The monoisotopic (exact) mass is 807 g/mol. The van der Waals surface area contributed by atoms with E-state index in [0.29, 0.717) is 10.1 Å². The van der Waals surface area contributed by atoms with Gasteiger partial charge in [0.1, 0.15) is 43.1 Å². The molecule has 0 bridgehead atoms. The van der Waals surface area contributed by atoms with Crippen molar-refractivity contribution in [2.45, 2.75) is 87.9 Å². The van der Waals surface area contributed by atoms with E-state index in [1.165, 1.54) is 45.9 Å². The second-order valence-electron chi connectivity index (χ2n) is 13.9. The first-order valence-electron chi connectivity index (χ1n) is 18.1. The summed E-state index contributed by atoms with van der Waals surface area (Å²) in [7, 11) is 0. The average molecular weight is 808 g/mol. The molecule has 2 spiro atoms. The Hall–Kier alpha value is -3.98. The largest absolute Gasteiger partial charge is 0.306 e. The first kappa shape index (κ1) is 39.3. The SMILES string of the molecule is C.CC(=O)N1N=C(c2cc(F)ccc2F)SC12CCCc1sccc12.O=C([C@@H]1CCCCN1)N1N=C(c2cc(F)ccc2F)SC12CCCc1ccccc12. The number of hydrogen-bond acceptors (Lipinski definition) is 8. The summed E-state index contributed by atoms with van der Waals surface area (Å²) in [5.74, 6) is -2.41. The molecular weight excluding hydrogens is 767 g/mol. The van der Waals surface area contributed by atoms with Crippen molar-refractivity contribution in [3.05, 3.63) is 128 Å². The fourth-order valence-electron chi connectivity index (χ4n) is 8.02. The molecule has 7 nitrogen and oxygen atoms in total. The van der Waals surface area contributed by atoms with Crippen LogP contribution < -0.4 is 5.32 Å². The minimum Gasteiger partial charge on any atom is -0.306 e. The van der Waals surface area contributed by atoms with Crippen LogP contribution in [0, 0.1) is 23.3 Å². The second-order valence-corrected chi connectivity index (χ2v) is 17.5. The van der Waals surface area contributed by atoms with Gasteiger partial charge in [0.05, 0.1) is 6.04 Å². The van der Waals surface area contributed by atoms with Crippen LogP contribution in [0.2, 0.25) is 0 Å². The van der Waals surface area contributed by atoms with E-state index in [4.69, 9.17) is 0 Å². The molecule has 4 aromatic rings. The van der Waals surface area contributed by atoms with Crippen LogP contribution in [0.1, 0.15) is 92.0 Å². The van der Waals surface area contributed by atoms with Gasteiger partial charge < -0.3 is 5.32 Å². The van der Waals surface area contributed by atoms with E-state index in [1.807, 2.05) is 29.6 Å². The molecule has 1 N–H and O–H groups in total. The molecule has 1 fully saturated rings. The summed E-state index contributed by atoms with van der Waals surface area (Å²) in [5.41, 5.74) is 3.50. The number of halogens is 4. The number of hydrogen-bond donors (Lipinski definition) is 1. The first-order chi connectivity index (χ1) is 26.1. The van der Waals surface area contributed by atoms with Crippen molar-refractivity contribution in [2.24, 2.45) is 10.2 Å². The fourth-order valence-corrected chi connectivity index (χ4v) is 12.1. The molecule has 2 unspecified atom stereocenters. The van der Waals surface area contributed by atoms with Gasteiger partial charge in [0.15, 0.2) is 0 Å². The summed E-state index contributed by atoms with van der Waals surface area (Å²) in [6.07, 6.45) is 8.01. The molecule has 0 radical (unpaired) electrons. The highest BCUT2D eigenvalue weighted by Crippen LogP contribution is 2.56. The van der Waals surface area contributed by atoms with E-state index in [9.17, 15) is 27.2 Å². The van der Waals surface area contributed by atoms with Crippen LogP contribution in [-0.4, -0.2) is 44.5 Å². The van der Waals surface area contributed by atoms with Crippen LogP contribution in [0.3, 0.4) is 0 Å². The van der Waals surface area contributed by atoms with Gasteiger partial charge in [-0.1, -0.05) is 61.6 Å². The fraction of sp³-hybridized carbons (Fsp3) is 0.366. The van der Waals surface area contributed by atoms with Crippen molar-refractivity contribution >= 4 is 56.8 Å². The van der Waals surface area contributed by atoms with Gasteiger partial charge in [0.2, 0.25) is 5.91 Å². The first-order valence-corrected chi connectivity index (χ1v) is 20.6. The molecule has 288 valence electrons. The number of nitrogens with zero attached hydrogens (tertiary/aromatic N) is 4. The summed E-state index contributed by atoms with van der Waals surface area (Å²) in [6.45, 7) is 2.26. The van der Waals surface area contributed by atoms with Crippen molar-refractivity contribution in [3.63, 3.8) is 0 Å². The zero-order valence-electron chi connectivity index (χ0n) is 29.4. The van der Waals surface area contributed by atoms with Gasteiger partial charge in [-0.3, -0.25) is 9.59 Å². The summed E-state index contributed by atoms with van der Waals surface area (Å²) in [6, 6.07) is 16.5. The van der Waals surface area contributed by atoms with Crippen molar-refractivity contribution in [3.8, 4) is 0 Å². The third kappa shape index (κ3) is 7.15. The maximum atomic E-state index is 14.6. The predicted octanol–water partition coefficient (Wildman–Crippen LogP) is 9.64. The average Bonchev–Trinajstić information content (AvgIpc) is 3.92. The Balaban J connectivity index is 0.000000170. The van der Waals surface area contributed by atoms with Crippen molar-refractivity contribution in [1.82, 2.24) is 15.3 Å². The number of aryl methyl sites for hydroxylation is 2. The molecule has 4 heterocycles. The molecule has 3 atom stereocenters. The lowest BCUT2D eigenvalue weighted by Crippen LogP contribution is -2.52. The van der Waals surface area contributed by atoms with E-state index >= 15 is 0 Å². The highest BCUT2D eigenvalue weighted by Gasteiger charge is 2.53. The van der Waals surface area contributed by atoms with E-state index < -0.39 is 33.0 Å². The van der Waals surface area contributed by atoms with Crippen molar-refractivity contribution < 1.29 is 27.2 Å². The van der Waals surface area contributed by atoms with Crippen LogP contribution in [0.15, 0.2) is 82.3 Å². The Morgan fingerprint density at radius 2 is 1.38 bits per heavy atom. The third-order valence-electron chi connectivity index (χ3n) is 10.5. The molecule has 1 saturated heterocycles. The summed E-state index contributed by atoms with van der Waals surface area (Å²) in [5, 5.41) is 18.0. The highest BCUT2D eigenvalue weighted by atomic mass is 32.2. The van der Waals surface area contributed by atoms with Gasteiger partial charge in [-0.15, -0.1) is 11.3 Å². The van der Waals surface area contributed by atoms with Crippen LogP contribution >= 0.6 is 34.9 Å². The van der Waals surface area contributed by atoms with Gasteiger partial charge in [-0.05, 0) is 117 Å². The van der Waals surface area contributed by atoms with Crippen LogP contribution in [-0.2, 0) is 32.2 Å². The van der Waals surface area contributed by atoms with E-state index in [0.717, 1.165) is 112 Å². The zero-order valence-corrected chi connectivity index (χ0v) is 31.9. The zero-order chi connectivity index (χ0) is 37.6. The maximum Gasteiger partial charge on any atom is 0.261 e. The van der Waals surface area contributed by atoms with E-state index in [2.05, 4.69) is 21.6 Å². The normalized spacial score (nSPS) is 24.0. The molecular formula is C41H41F4N5O2S3. The lowest BCUT2D eigenvalue weighted by molar-refractivity contribution is -0.138. The lowest BCUT2D eigenvalue weighted by Gasteiger charge is -2.41. The van der Waals surface area contributed by atoms with Crippen LogP contribution in [0.4, 0.5) is 17.6 Å². The number of rotatable bonds is 3. The van der Waals surface area contributed by atoms with Crippen LogP contribution in [0.25, 0.3) is 0 Å². The highest BCUT2D eigenvalue weighted by molar-refractivity contribution is 8.15. The van der Waals surface area contributed by atoms with E-state index in [1.54, 1.807) is 16.3 Å². The second kappa shape index (κ2) is 15.9. The number of fused-ring (bicyclic) bond motifs is 4. The molecule has 5 aliphatic rings. The Morgan fingerprint density at radius 1 is 0.764 bits per heavy atom. The summed E-state index contributed by atoms with van der Waals surface area (Å²) >= 11 is 4.39.